The molecule has 1 amide bonds. The minimum atomic E-state index is -4.58. The van der Waals surface area contributed by atoms with Crippen LogP contribution in [0, 0.1) is 0 Å². The number of aliphatic hydroxyl groups excluding tert-OH is 1. The summed E-state index contributed by atoms with van der Waals surface area (Å²) in [5, 5.41) is 14.1. The zero-order valence-corrected chi connectivity index (χ0v) is 52.6. The van der Waals surface area contributed by atoms with Crippen molar-refractivity contribution < 1.29 is 32.9 Å². The molecule has 0 saturated heterocycles. The molecule has 452 valence electrons. The lowest BCUT2D eigenvalue weighted by molar-refractivity contribution is -0.870. The third-order valence-corrected chi connectivity index (χ3v) is 16.0. The Bertz CT molecular complexity index is 1440. The monoisotopic (exact) mass is 1100 g/mol. The van der Waals surface area contributed by atoms with Gasteiger partial charge in [0.15, 0.2) is 0 Å². The number of hydrogen-bond acceptors (Lipinski definition) is 6. The third-order valence-electron chi connectivity index (χ3n) is 15.0. The quantitative estimate of drug-likeness (QED) is 0.0272. The number of hydrogen-bond donors (Lipinski definition) is 2. The number of nitrogens with one attached hydrogen (secondary N) is 1. The van der Waals surface area contributed by atoms with Crippen molar-refractivity contribution in [1.29, 1.82) is 0 Å². The second-order valence-electron chi connectivity index (χ2n) is 23.8. The Balaban J connectivity index is 4.03. The van der Waals surface area contributed by atoms with Crippen LogP contribution in [0.15, 0.2) is 60.8 Å². The highest BCUT2D eigenvalue weighted by Crippen LogP contribution is 2.38. The third kappa shape index (κ3) is 61.7. The summed E-state index contributed by atoms with van der Waals surface area (Å²) in [6, 6.07) is -0.803. The molecule has 3 atom stereocenters. The minimum Gasteiger partial charge on any atom is -0.756 e. The topological polar surface area (TPSA) is 108 Å². The molecule has 0 rings (SSSR count). The smallest absolute Gasteiger partial charge is 0.268 e. The predicted molar refractivity (Wildman–Crippen MR) is 334 cm³/mol. The Morgan fingerprint density at radius 1 is 0.468 bits per heavy atom. The van der Waals surface area contributed by atoms with E-state index in [1.165, 1.54) is 218 Å². The first-order chi connectivity index (χ1) is 37.5. The van der Waals surface area contributed by atoms with Gasteiger partial charge < -0.3 is 28.8 Å². The number of unbranched alkanes of at least 4 members (excludes halogenated alkanes) is 38. The number of nitrogens with zero attached hydrogens (tertiary/aromatic N) is 1. The van der Waals surface area contributed by atoms with Crippen LogP contribution in [0.1, 0.15) is 316 Å². The maximum absolute atomic E-state index is 13.0. The van der Waals surface area contributed by atoms with Gasteiger partial charge in [-0.15, -0.1) is 0 Å². The summed E-state index contributed by atoms with van der Waals surface area (Å²) in [5.41, 5.74) is 0. The van der Waals surface area contributed by atoms with Crippen LogP contribution in [0.2, 0.25) is 0 Å². The van der Waals surface area contributed by atoms with Gasteiger partial charge in [0, 0.05) is 6.42 Å². The van der Waals surface area contributed by atoms with Crippen molar-refractivity contribution >= 4 is 13.7 Å². The van der Waals surface area contributed by atoms with E-state index in [1.54, 1.807) is 0 Å². The zero-order chi connectivity index (χ0) is 56.3. The van der Waals surface area contributed by atoms with Crippen LogP contribution in [0.4, 0.5) is 0 Å². The van der Waals surface area contributed by atoms with Crippen LogP contribution in [0.25, 0.3) is 0 Å². The molecule has 0 aromatic rings. The number of likely N-dealkylation sites (N-methyl/N-ethyl adjacent to an activating group) is 1. The molecule has 0 bridgehead atoms. The van der Waals surface area contributed by atoms with Gasteiger partial charge in [0.05, 0.1) is 39.9 Å². The number of phosphoric acid groups is 1. The minimum absolute atomic E-state index is 0.0125. The van der Waals surface area contributed by atoms with Crippen molar-refractivity contribution in [2.75, 3.05) is 40.9 Å². The Labute approximate surface area is 479 Å². The molecular weight excluding hydrogens is 972 g/mol. The van der Waals surface area contributed by atoms with Gasteiger partial charge in [0.25, 0.3) is 7.82 Å². The first-order valence-electron chi connectivity index (χ1n) is 33.1. The van der Waals surface area contributed by atoms with Crippen molar-refractivity contribution in [3.63, 3.8) is 0 Å². The molecule has 0 heterocycles. The van der Waals surface area contributed by atoms with Gasteiger partial charge in [-0.3, -0.25) is 9.36 Å². The summed E-state index contributed by atoms with van der Waals surface area (Å²) in [6.45, 7) is 4.65. The van der Waals surface area contributed by atoms with Crippen LogP contribution < -0.4 is 10.2 Å². The second kappa shape index (κ2) is 58.8. The lowest BCUT2D eigenvalue weighted by Gasteiger charge is -2.30. The largest absolute Gasteiger partial charge is 0.756 e. The zero-order valence-electron chi connectivity index (χ0n) is 51.7. The summed E-state index contributed by atoms with van der Waals surface area (Å²) in [5.74, 6) is -0.161. The molecular formula is C68H129N2O6P. The Morgan fingerprint density at radius 2 is 0.792 bits per heavy atom. The van der Waals surface area contributed by atoms with Crippen molar-refractivity contribution in [3.05, 3.63) is 60.8 Å². The standard InChI is InChI=1S/C68H129N2O6P/c1-6-8-10-12-14-16-18-20-22-24-26-28-30-31-32-33-34-35-36-37-38-39-40-42-44-46-48-50-52-54-56-58-60-62-68(72)69-66(65-76-77(73,74)75-64-63-70(3,4)5)67(71)61-59-57-55-53-51-49-47-45-43-41-29-27-25-23-21-19-17-15-13-11-9-7-2/h8,10,14,16,20,22,26,28,31-32,66-67,71H,6-7,9,11-13,15,17-19,21,23-25,27,29-30,33-65H2,1-5H3,(H-,69,72,73,74)/b10-8-,16-14-,22-20-,28-26-,32-31-. The lowest BCUT2D eigenvalue weighted by atomic mass is 10.0. The highest BCUT2D eigenvalue weighted by Gasteiger charge is 2.24. The maximum Gasteiger partial charge on any atom is 0.268 e. The molecule has 0 fully saturated rings. The van der Waals surface area contributed by atoms with Crippen LogP contribution in [0.3, 0.4) is 0 Å². The predicted octanol–water partition coefficient (Wildman–Crippen LogP) is 20.2. The van der Waals surface area contributed by atoms with Crippen molar-refractivity contribution in [2.45, 2.75) is 328 Å². The molecule has 0 spiro atoms. The number of carbonyl (C=O) groups is 1. The fraction of sp³-hybridized carbons (Fsp3) is 0.838. The van der Waals surface area contributed by atoms with Crippen molar-refractivity contribution in [2.24, 2.45) is 0 Å². The maximum atomic E-state index is 13.0. The lowest BCUT2D eigenvalue weighted by Crippen LogP contribution is -2.46. The second-order valence-corrected chi connectivity index (χ2v) is 25.2. The van der Waals surface area contributed by atoms with Gasteiger partial charge in [-0.2, -0.15) is 0 Å². The molecule has 0 aliphatic rings. The van der Waals surface area contributed by atoms with Crippen LogP contribution in [-0.4, -0.2) is 68.5 Å². The molecule has 3 unspecified atom stereocenters. The average Bonchev–Trinajstić information content (AvgIpc) is 3.39. The molecule has 0 aromatic heterocycles. The molecule has 0 aromatic carbocycles. The van der Waals surface area contributed by atoms with E-state index >= 15 is 0 Å². The molecule has 0 radical (unpaired) electrons. The van der Waals surface area contributed by atoms with Gasteiger partial charge in [0.2, 0.25) is 5.91 Å². The van der Waals surface area contributed by atoms with Gasteiger partial charge >= 0.3 is 0 Å². The van der Waals surface area contributed by atoms with Gasteiger partial charge in [-0.1, -0.05) is 312 Å². The van der Waals surface area contributed by atoms with Gasteiger partial charge in [-0.25, -0.2) is 0 Å². The summed E-state index contributed by atoms with van der Waals surface area (Å²) < 4.78 is 23.5. The number of rotatable bonds is 61. The molecule has 8 nitrogen and oxygen atoms in total. The van der Waals surface area contributed by atoms with E-state index in [0.29, 0.717) is 23.9 Å². The number of quaternary nitrogens is 1. The molecule has 0 aliphatic heterocycles. The highest BCUT2D eigenvalue weighted by molar-refractivity contribution is 7.45. The number of allylic oxidation sites excluding steroid dienone is 10. The van der Waals surface area contributed by atoms with Gasteiger partial charge in [-0.05, 0) is 57.8 Å². The fourth-order valence-corrected chi connectivity index (χ4v) is 10.6. The van der Waals surface area contributed by atoms with Crippen LogP contribution >= 0.6 is 7.82 Å². The first-order valence-corrected chi connectivity index (χ1v) is 34.6. The van der Waals surface area contributed by atoms with E-state index in [2.05, 4.69) is 79.9 Å². The molecule has 9 heteroatoms. The summed E-state index contributed by atoms with van der Waals surface area (Å²) in [4.78, 5) is 25.6. The van der Waals surface area contributed by atoms with E-state index in [-0.39, 0.29) is 19.1 Å². The van der Waals surface area contributed by atoms with E-state index in [9.17, 15) is 19.4 Å². The summed E-state index contributed by atoms with van der Waals surface area (Å²) in [6.07, 6.45) is 79.9. The number of aliphatic hydroxyl groups is 1. The van der Waals surface area contributed by atoms with Crippen molar-refractivity contribution in [1.82, 2.24) is 5.32 Å². The highest BCUT2D eigenvalue weighted by atomic mass is 31.2. The summed E-state index contributed by atoms with van der Waals surface area (Å²) >= 11 is 0. The van der Waals surface area contributed by atoms with E-state index < -0.39 is 20.0 Å². The number of amides is 1. The van der Waals surface area contributed by atoms with Crippen LogP contribution in [0.5, 0.6) is 0 Å². The van der Waals surface area contributed by atoms with Crippen LogP contribution in [-0.2, 0) is 18.4 Å². The van der Waals surface area contributed by atoms with Gasteiger partial charge in [0.1, 0.15) is 13.2 Å². The Morgan fingerprint density at radius 3 is 1.16 bits per heavy atom. The molecule has 2 N–H and O–H groups in total. The Hall–Kier alpha value is -1.80. The van der Waals surface area contributed by atoms with E-state index in [4.69, 9.17) is 9.05 Å². The number of phosphoric ester groups is 1. The van der Waals surface area contributed by atoms with E-state index in [1.807, 2.05) is 21.1 Å². The number of carbonyl (C=O) groups excluding carboxylic acids is 1. The molecule has 0 aliphatic carbocycles. The average molecular weight is 1100 g/mol. The Kier molecular flexibility index (Phi) is 57.5. The van der Waals surface area contributed by atoms with E-state index in [0.717, 1.165) is 70.6 Å². The SMILES string of the molecule is CC/C=C\C/C=C\C/C=C\C/C=C\C/C=C\CCCCCCCCCCCCCCCCCCCC(=O)NC(COP(=O)([O-])OCC[N+](C)(C)C)C(O)CCCCCCCCCCCCCCCCCCCCCCCC. The fourth-order valence-electron chi connectivity index (χ4n) is 9.89. The summed E-state index contributed by atoms with van der Waals surface area (Å²) in [7, 11) is 1.31. The van der Waals surface area contributed by atoms with Crippen molar-refractivity contribution in [3.8, 4) is 0 Å². The molecule has 0 saturated carbocycles. The molecule has 77 heavy (non-hydrogen) atoms. The first kappa shape index (κ1) is 75.2. The normalized spacial score (nSPS) is 14.1.